The summed E-state index contributed by atoms with van der Waals surface area (Å²) in [6.07, 6.45) is 8.02. The van der Waals surface area contributed by atoms with Gasteiger partial charge in [-0.25, -0.2) is 4.98 Å². The number of hydrogen-bond donors (Lipinski definition) is 1. The number of rotatable bonds is 6. The van der Waals surface area contributed by atoms with Crippen molar-refractivity contribution in [3.8, 4) is 0 Å². The Hall–Kier alpha value is -0.940. The molecule has 5 nitrogen and oxygen atoms in total. The molecule has 0 bridgehead atoms. The lowest BCUT2D eigenvalue weighted by atomic mass is 9.84. The van der Waals surface area contributed by atoms with Crippen molar-refractivity contribution in [1.29, 1.82) is 0 Å². The van der Waals surface area contributed by atoms with Crippen LogP contribution in [0, 0.1) is 5.92 Å². The highest BCUT2D eigenvalue weighted by molar-refractivity contribution is 4.83. The Balaban J connectivity index is 1.65. The maximum absolute atomic E-state index is 10.1. The summed E-state index contributed by atoms with van der Waals surface area (Å²) in [5.41, 5.74) is -0.542. The van der Waals surface area contributed by atoms with Crippen molar-refractivity contribution in [3.05, 3.63) is 12.7 Å². The maximum Gasteiger partial charge on any atom is 0.137 e. The Morgan fingerprint density at radius 1 is 1.32 bits per heavy atom. The van der Waals surface area contributed by atoms with Gasteiger partial charge in [0.2, 0.25) is 0 Å². The van der Waals surface area contributed by atoms with Crippen LogP contribution in [0.15, 0.2) is 12.7 Å². The zero-order valence-corrected chi connectivity index (χ0v) is 12.1. The van der Waals surface area contributed by atoms with Crippen LogP contribution in [-0.2, 0) is 6.54 Å². The van der Waals surface area contributed by atoms with E-state index in [0.717, 1.165) is 32.5 Å². The Morgan fingerprint density at radius 3 is 2.79 bits per heavy atom. The zero-order valence-electron chi connectivity index (χ0n) is 12.1. The van der Waals surface area contributed by atoms with Gasteiger partial charge in [0.1, 0.15) is 12.7 Å². The Kier molecular flexibility index (Phi) is 4.93. The molecule has 0 aromatic carbocycles. The van der Waals surface area contributed by atoms with Gasteiger partial charge in [-0.15, -0.1) is 0 Å². The first kappa shape index (κ1) is 14.5. The highest BCUT2D eigenvalue weighted by atomic mass is 16.3. The number of unbranched alkanes of at least 4 members (excludes halogenated alkanes) is 1. The van der Waals surface area contributed by atoms with Gasteiger partial charge in [-0.2, -0.15) is 5.10 Å². The molecule has 108 valence electrons. The van der Waals surface area contributed by atoms with Gasteiger partial charge in [0.15, 0.2) is 0 Å². The van der Waals surface area contributed by atoms with Gasteiger partial charge in [0, 0.05) is 13.1 Å². The summed E-state index contributed by atoms with van der Waals surface area (Å²) in [6, 6.07) is 0. The summed E-state index contributed by atoms with van der Waals surface area (Å²) in [4.78, 5) is 6.43. The van der Waals surface area contributed by atoms with Crippen LogP contribution in [0.3, 0.4) is 0 Å². The monoisotopic (exact) mass is 266 g/mol. The maximum atomic E-state index is 10.1. The fourth-order valence-corrected chi connectivity index (χ4v) is 2.79. The van der Waals surface area contributed by atoms with Gasteiger partial charge in [-0.05, 0) is 58.5 Å². The molecule has 1 saturated heterocycles. The molecule has 2 heterocycles. The highest BCUT2D eigenvalue weighted by Crippen LogP contribution is 2.26. The van der Waals surface area contributed by atoms with E-state index in [9.17, 15) is 5.11 Å². The minimum atomic E-state index is -0.542. The number of aliphatic hydroxyl groups is 1. The van der Waals surface area contributed by atoms with E-state index in [0.29, 0.717) is 5.92 Å². The lowest BCUT2D eigenvalue weighted by molar-refractivity contribution is -0.0184. The molecule has 1 fully saturated rings. The van der Waals surface area contributed by atoms with Gasteiger partial charge in [0.05, 0.1) is 5.60 Å². The van der Waals surface area contributed by atoms with Crippen LogP contribution in [0.1, 0.15) is 39.5 Å². The fraction of sp³-hybridized carbons (Fsp3) is 0.857. The predicted octanol–water partition coefficient (Wildman–Crippen LogP) is 1.54. The molecule has 19 heavy (non-hydrogen) atoms. The smallest absolute Gasteiger partial charge is 0.137 e. The van der Waals surface area contributed by atoms with Crippen molar-refractivity contribution in [1.82, 2.24) is 19.7 Å². The number of aryl methyl sites for hydroxylation is 1. The van der Waals surface area contributed by atoms with Gasteiger partial charge >= 0.3 is 0 Å². The second-order valence-corrected chi connectivity index (χ2v) is 6.16. The molecule has 1 N–H and O–H groups in total. The molecule has 0 aliphatic carbocycles. The molecule has 0 amide bonds. The first-order valence-electron chi connectivity index (χ1n) is 7.33. The van der Waals surface area contributed by atoms with Crippen LogP contribution < -0.4 is 0 Å². The largest absolute Gasteiger partial charge is 0.390 e. The van der Waals surface area contributed by atoms with Gasteiger partial charge in [0.25, 0.3) is 0 Å². The molecule has 1 aliphatic heterocycles. The van der Waals surface area contributed by atoms with Crippen LogP contribution in [0.5, 0.6) is 0 Å². The minimum Gasteiger partial charge on any atom is -0.390 e. The highest BCUT2D eigenvalue weighted by Gasteiger charge is 2.30. The molecule has 1 unspecified atom stereocenters. The van der Waals surface area contributed by atoms with Crippen molar-refractivity contribution in [3.63, 3.8) is 0 Å². The van der Waals surface area contributed by atoms with E-state index in [1.165, 1.54) is 19.4 Å². The molecule has 1 aliphatic rings. The SMILES string of the molecule is CC(C)(O)C1CCCN(CCCCn2cncn2)C1. The Morgan fingerprint density at radius 2 is 2.11 bits per heavy atom. The molecular formula is C14H26N4O. The second kappa shape index (κ2) is 6.48. The molecular weight excluding hydrogens is 240 g/mol. The van der Waals surface area contributed by atoms with E-state index >= 15 is 0 Å². The normalized spacial score (nSPS) is 21.7. The number of hydrogen-bond acceptors (Lipinski definition) is 4. The number of likely N-dealkylation sites (tertiary alicyclic amines) is 1. The van der Waals surface area contributed by atoms with Crippen LogP contribution >= 0.6 is 0 Å². The van der Waals surface area contributed by atoms with E-state index < -0.39 is 5.60 Å². The van der Waals surface area contributed by atoms with Crippen LogP contribution in [-0.4, -0.2) is 50.0 Å². The van der Waals surface area contributed by atoms with Crippen molar-refractivity contribution in [2.24, 2.45) is 5.92 Å². The molecule has 1 aromatic heterocycles. The summed E-state index contributed by atoms with van der Waals surface area (Å²) in [6.45, 7) is 8.16. The van der Waals surface area contributed by atoms with Gasteiger partial charge in [-0.3, -0.25) is 4.68 Å². The average Bonchev–Trinajstić information content (AvgIpc) is 2.87. The summed E-state index contributed by atoms with van der Waals surface area (Å²) in [5, 5.41) is 14.2. The van der Waals surface area contributed by atoms with Gasteiger partial charge in [-0.1, -0.05) is 0 Å². The molecule has 1 atom stereocenters. The molecule has 1 aromatic rings. The fourth-order valence-electron chi connectivity index (χ4n) is 2.79. The van der Waals surface area contributed by atoms with Crippen molar-refractivity contribution < 1.29 is 5.11 Å². The first-order chi connectivity index (χ1) is 9.05. The molecule has 5 heteroatoms. The summed E-state index contributed by atoms with van der Waals surface area (Å²) < 4.78 is 1.88. The van der Waals surface area contributed by atoms with E-state index in [1.807, 2.05) is 18.5 Å². The number of aromatic nitrogens is 3. The first-order valence-corrected chi connectivity index (χ1v) is 7.33. The zero-order chi connectivity index (χ0) is 13.7. The predicted molar refractivity (Wildman–Crippen MR) is 74.7 cm³/mol. The van der Waals surface area contributed by atoms with Crippen molar-refractivity contribution >= 4 is 0 Å². The minimum absolute atomic E-state index is 0.413. The van der Waals surface area contributed by atoms with Crippen molar-refractivity contribution in [2.75, 3.05) is 19.6 Å². The summed E-state index contributed by atoms with van der Waals surface area (Å²) in [5.74, 6) is 0.413. The Bertz CT molecular complexity index is 358. The van der Waals surface area contributed by atoms with Crippen LogP contribution in [0.4, 0.5) is 0 Å². The quantitative estimate of drug-likeness (QED) is 0.794. The average molecular weight is 266 g/mol. The molecule has 0 radical (unpaired) electrons. The van der Waals surface area contributed by atoms with Crippen LogP contribution in [0.25, 0.3) is 0 Å². The summed E-state index contributed by atoms with van der Waals surface area (Å²) in [7, 11) is 0. The van der Waals surface area contributed by atoms with E-state index in [1.54, 1.807) is 12.7 Å². The summed E-state index contributed by atoms with van der Waals surface area (Å²) >= 11 is 0. The number of nitrogens with zero attached hydrogens (tertiary/aromatic N) is 4. The molecule has 0 saturated carbocycles. The van der Waals surface area contributed by atoms with Crippen molar-refractivity contribution in [2.45, 2.75) is 51.7 Å². The lowest BCUT2D eigenvalue weighted by Crippen LogP contribution is -2.44. The third-order valence-electron chi connectivity index (χ3n) is 4.08. The third kappa shape index (κ3) is 4.58. The van der Waals surface area contributed by atoms with Gasteiger partial charge < -0.3 is 10.0 Å². The topological polar surface area (TPSA) is 54.2 Å². The van der Waals surface area contributed by atoms with E-state index in [4.69, 9.17) is 0 Å². The van der Waals surface area contributed by atoms with Crippen LogP contribution in [0.2, 0.25) is 0 Å². The molecule has 2 rings (SSSR count). The lowest BCUT2D eigenvalue weighted by Gasteiger charge is -2.38. The third-order valence-corrected chi connectivity index (χ3v) is 4.08. The van der Waals surface area contributed by atoms with E-state index in [-0.39, 0.29) is 0 Å². The second-order valence-electron chi connectivity index (χ2n) is 6.16. The number of piperidine rings is 1. The standard InChI is InChI=1S/C14H26N4O/c1-14(2,19)13-6-5-8-17(10-13)7-3-4-9-18-12-15-11-16-18/h11-13,19H,3-10H2,1-2H3. The Labute approximate surface area is 115 Å². The molecule has 0 spiro atoms. The van der Waals surface area contributed by atoms with E-state index in [2.05, 4.69) is 15.0 Å².